The van der Waals surface area contributed by atoms with Crippen molar-refractivity contribution in [1.29, 1.82) is 0 Å². The van der Waals surface area contributed by atoms with Gasteiger partial charge in [0, 0.05) is 0 Å². The largest absolute Gasteiger partial charge is 0.507 e. The van der Waals surface area contributed by atoms with E-state index in [9.17, 15) is 5.11 Å². The third-order valence-electron chi connectivity index (χ3n) is 3.79. The van der Waals surface area contributed by atoms with Crippen molar-refractivity contribution in [3.8, 4) is 11.5 Å². The Morgan fingerprint density at radius 3 is 2.50 bits per heavy atom. The van der Waals surface area contributed by atoms with E-state index in [1.165, 1.54) is 0 Å². The maximum absolute atomic E-state index is 9.93. The number of phenols is 1. The quantitative estimate of drug-likeness (QED) is 0.877. The average molecular weight is 290 g/mol. The summed E-state index contributed by atoms with van der Waals surface area (Å²) in [6.45, 7) is 10.2. The maximum atomic E-state index is 9.93. The molecule has 0 saturated heterocycles. The zero-order valence-electron chi connectivity index (χ0n) is 12.8. The Morgan fingerprint density at radius 2 is 1.90 bits per heavy atom. The molecule has 0 radical (unpaired) electrons. The summed E-state index contributed by atoms with van der Waals surface area (Å²) in [5, 5.41) is 11.0. The highest BCUT2D eigenvalue weighted by Gasteiger charge is 2.28. The number of aromatic hydroxyl groups is 1. The van der Waals surface area contributed by atoms with Gasteiger partial charge in [0.1, 0.15) is 11.5 Å². The van der Waals surface area contributed by atoms with Crippen molar-refractivity contribution in [3.05, 3.63) is 41.2 Å². The summed E-state index contributed by atoms with van der Waals surface area (Å²) >= 11 is 0. The summed E-state index contributed by atoms with van der Waals surface area (Å²) < 4.78 is 11.6. The van der Waals surface area contributed by atoms with Crippen molar-refractivity contribution >= 4 is 13.5 Å². The smallest absolute Gasteiger partial charge is 0.168 e. The van der Waals surface area contributed by atoms with Gasteiger partial charge in [-0.1, -0.05) is 13.1 Å². The van der Waals surface area contributed by atoms with Crippen LogP contribution in [0.3, 0.4) is 0 Å². The number of ether oxygens (including phenoxy) is 1. The second kappa shape index (κ2) is 5.36. The van der Waals surface area contributed by atoms with Gasteiger partial charge in [-0.25, -0.2) is 0 Å². The van der Waals surface area contributed by atoms with Gasteiger partial charge in [-0.05, 0) is 55.7 Å². The highest BCUT2D eigenvalue weighted by molar-refractivity contribution is 6.88. The van der Waals surface area contributed by atoms with Crippen LogP contribution < -0.4 is 10.1 Å². The standard InChI is InChI=1S/C16H22O3Si/c1-11-9-14(12(2)13(3)16(11)17)19-10-20(4,5)15-7-6-8-18-15/h6-9,17H,10H2,1-5H3. The summed E-state index contributed by atoms with van der Waals surface area (Å²) in [4.78, 5) is 0. The zero-order valence-corrected chi connectivity index (χ0v) is 13.8. The molecular formula is C16H22O3Si. The zero-order chi connectivity index (χ0) is 14.9. The van der Waals surface area contributed by atoms with Crippen LogP contribution in [0, 0.1) is 20.8 Å². The van der Waals surface area contributed by atoms with Crippen LogP contribution in [0.5, 0.6) is 11.5 Å². The monoisotopic (exact) mass is 290 g/mol. The number of benzene rings is 1. The molecule has 0 aliphatic heterocycles. The predicted molar refractivity (Wildman–Crippen MR) is 83.6 cm³/mol. The minimum Gasteiger partial charge on any atom is -0.507 e. The molecule has 0 bridgehead atoms. The van der Waals surface area contributed by atoms with E-state index in [4.69, 9.17) is 9.15 Å². The van der Waals surface area contributed by atoms with Crippen LogP contribution in [0.15, 0.2) is 28.9 Å². The Labute approximate surface area is 121 Å². The average Bonchev–Trinajstić information content (AvgIpc) is 2.94. The first-order chi connectivity index (χ1) is 9.33. The van der Waals surface area contributed by atoms with Gasteiger partial charge >= 0.3 is 0 Å². The van der Waals surface area contributed by atoms with E-state index in [1.807, 2.05) is 39.0 Å². The fourth-order valence-corrected chi connectivity index (χ4v) is 3.77. The van der Waals surface area contributed by atoms with E-state index in [0.717, 1.165) is 27.8 Å². The fraction of sp³-hybridized carbons (Fsp3) is 0.375. The van der Waals surface area contributed by atoms with Crippen molar-refractivity contribution < 1.29 is 14.3 Å². The molecule has 108 valence electrons. The van der Waals surface area contributed by atoms with E-state index in [0.29, 0.717) is 12.0 Å². The molecule has 0 aliphatic carbocycles. The van der Waals surface area contributed by atoms with Gasteiger partial charge < -0.3 is 14.3 Å². The van der Waals surface area contributed by atoms with Crippen molar-refractivity contribution in [3.63, 3.8) is 0 Å². The molecule has 2 aromatic rings. The molecule has 0 amide bonds. The Balaban J connectivity index is 2.20. The Kier molecular flexibility index (Phi) is 3.95. The van der Waals surface area contributed by atoms with Crippen LogP contribution in [-0.2, 0) is 0 Å². The van der Waals surface area contributed by atoms with Crippen LogP contribution in [0.1, 0.15) is 16.7 Å². The van der Waals surface area contributed by atoms with Gasteiger partial charge in [-0.15, -0.1) is 0 Å². The molecule has 2 rings (SSSR count). The fourth-order valence-electron chi connectivity index (χ4n) is 2.17. The van der Waals surface area contributed by atoms with E-state index < -0.39 is 8.07 Å². The van der Waals surface area contributed by atoms with Crippen molar-refractivity contribution in [2.75, 3.05) is 6.23 Å². The molecule has 0 fully saturated rings. The summed E-state index contributed by atoms with van der Waals surface area (Å²) in [6.07, 6.45) is 2.37. The van der Waals surface area contributed by atoms with E-state index in [-0.39, 0.29) is 0 Å². The summed E-state index contributed by atoms with van der Waals surface area (Å²) in [5.74, 6) is 1.21. The van der Waals surface area contributed by atoms with E-state index in [2.05, 4.69) is 13.1 Å². The van der Waals surface area contributed by atoms with Gasteiger partial charge in [0.2, 0.25) is 0 Å². The molecular weight excluding hydrogens is 268 g/mol. The number of phenolic OH excluding ortho intramolecular Hbond substituents is 1. The maximum Gasteiger partial charge on any atom is 0.168 e. The molecule has 3 nitrogen and oxygen atoms in total. The first kappa shape index (κ1) is 14.7. The van der Waals surface area contributed by atoms with Crippen LogP contribution in [0.25, 0.3) is 0 Å². The molecule has 20 heavy (non-hydrogen) atoms. The minimum atomic E-state index is -1.73. The van der Waals surface area contributed by atoms with Crippen LogP contribution >= 0.6 is 0 Å². The molecule has 1 N–H and O–H groups in total. The normalized spacial score (nSPS) is 11.7. The number of rotatable bonds is 4. The third kappa shape index (κ3) is 2.75. The van der Waals surface area contributed by atoms with E-state index >= 15 is 0 Å². The molecule has 1 aromatic carbocycles. The number of hydrogen-bond donors (Lipinski definition) is 1. The van der Waals surface area contributed by atoms with Crippen LogP contribution in [-0.4, -0.2) is 19.4 Å². The van der Waals surface area contributed by atoms with Crippen LogP contribution in [0.4, 0.5) is 0 Å². The first-order valence-electron chi connectivity index (χ1n) is 6.79. The molecule has 0 spiro atoms. The lowest BCUT2D eigenvalue weighted by atomic mass is 10.0. The topological polar surface area (TPSA) is 42.6 Å². The number of aryl methyl sites for hydroxylation is 1. The van der Waals surface area contributed by atoms with Crippen LogP contribution in [0.2, 0.25) is 13.1 Å². The molecule has 0 unspecified atom stereocenters. The molecule has 0 aliphatic rings. The third-order valence-corrected chi connectivity index (χ3v) is 6.27. The summed E-state index contributed by atoms with van der Waals surface area (Å²) in [6, 6.07) is 5.85. The molecule has 1 aromatic heterocycles. The molecule has 4 heteroatoms. The Morgan fingerprint density at radius 1 is 1.20 bits per heavy atom. The van der Waals surface area contributed by atoms with Gasteiger partial charge in [-0.2, -0.15) is 0 Å². The summed E-state index contributed by atoms with van der Waals surface area (Å²) in [7, 11) is -1.73. The Bertz CT molecular complexity index is 601. The lowest BCUT2D eigenvalue weighted by Crippen LogP contribution is -2.46. The second-order valence-electron chi connectivity index (χ2n) is 5.94. The summed E-state index contributed by atoms with van der Waals surface area (Å²) in [5.41, 5.74) is 2.73. The highest BCUT2D eigenvalue weighted by Crippen LogP contribution is 2.32. The lowest BCUT2D eigenvalue weighted by molar-refractivity contribution is 0.372. The van der Waals surface area contributed by atoms with E-state index in [1.54, 1.807) is 6.26 Å². The second-order valence-corrected chi connectivity index (χ2v) is 10.5. The Hall–Kier alpha value is -1.68. The number of hydrogen-bond acceptors (Lipinski definition) is 3. The lowest BCUT2D eigenvalue weighted by Gasteiger charge is -2.22. The minimum absolute atomic E-state index is 0.359. The van der Waals surface area contributed by atoms with Crippen molar-refractivity contribution in [1.82, 2.24) is 0 Å². The highest BCUT2D eigenvalue weighted by atomic mass is 28.3. The first-order valence-corrected chi connectivity index (χ1v) is 10.00. The van der Waals surface area contributed by atoms with Crippen molar-refractivity contribution in [2.24, 2.45) is 0 Å². The molecule has 0 saturated carbocycles. The molecule has 1 heterocycles. The van der Waals surface area contributed by atoms with Gasteiger partial charge in [-0.3, -0.25) is 0 Å². The van der Waals surface area contributed by atoms with Gasteiger partial charge in [0.25, 0.3) is 0 Å². The SMILES string of the molecule is Cc1cc(OC[Si](C)(C)c2ccco2)c(C)c(C)c1O. The molecule has 0 atom stereocenters. The predicted octanol–water partition coefficient (Wildman–Crippen LogP) is 3.44. The number of furan rings is 1. The van der Waals surface area contributed by atoms with Crippen molar-refractivity contribution in [2.45, 2.75) is 33.9 Å². The van der Waals surface area contributed by atoms with Gasteiger partial charge in [0.15, 0.2) is 8.07 Å². The van der Waals surface area contributed by atoms with Gasteiger partial charge in [0.05, 0.1) is 17.9 Å².